The Kier molecular flexibility index (Phi) is 1.06. The number of hydrogen-bond donors (Lipinski definition) is 0. The first-order chi connectivity index (χ1) is 3.22. The van der Waals surface area contributed by atoms with Crippen LogP contribution in [-0.2, 0) is 0 Å². The SMILES string of the molecule is CC(C)[C@@H]1C[C@@H]1F. The quantitative estimate of drug-likeness (QED) is 0.475. The zero-order chi connectivity index (χ0) is 5.44. The van der Waals surface area contributed by atoms with Crippen molar-refractivity contribution >= 4 is 0 Å². The minimum Gasteiger partial charge on any atom is -0.247 e. The molecule has 0 unspecified atom stereocenters. The van der Waals surface area contributed by atoms with Crippen LogP contribution in [0.5, 0.6) is 0 Å². The van der Waals surface area contributed by atoms with Crippen molar-refractivity contribution in [2.75, 3.05) is 0 Å². The third-order valence-corrected chi connectivity index (χ3v) is 1.62. The third-order valence-electron chi connectivity index (χ3n) is 1.62. The summed E-state index contributed by atoms with van der Waals surface area (Å²) in [7, 11) is 0. The lowest BCUT2D eigenvalue weighted by atomic mass is 10.1. The van der Waals surface area contributed by atoms with Crippen LogP contribution in [0.15, 0.2) is 0 Å². The van der Waals surface area contributed by atoms with E-state index in [1.165, 1.54) is 0 Å². The Morgan fingerprint density at radius 2 is 2.00 bits per heavy atom. The van der Waals surface area contributed by atoms with Gasteiger partial charge in [0.1, 0.15) is 6.17 Å². The van der Waals surface area contributed by atoms with E-state index in [0.29, 0.717) is 11.8 Å². The summed E-state index contributed by atoms with van der Waals surface area (Å²) in [5, 5.41) is 0. The van der Waals surface area contributed by atoms with Crippen LogP contribution >= 0.6 is 0 Å². The molecule has 0 N–H and O–H groups in total. The van der Waals surface area contributed by atoms with E-state index in [2.05, 4.69) is 13.8 Å². The van der Waals surface area contributed by atoms with E-state index in [9.17, 15) is 4.39 Å². The maximum atomic E-state index is 12.0. The van der Waals surface area contributed by atoms with E-state index < -0.39 is 6.17 Å². The molecule has 0 radical (unpaired) electrons. The molecule has 0 aromatic heterocycles. The van der Waals surface area contributed by atoms with Crippen LogP contribution in [0.3, 0.4) is 0 Å². The van der Waals surface area contributed by atoms with E-state index in [0.717, 1.165) is 6.42 Å². The van der Waals surface area contributed by atoms with E-state index in [1.54, 1.807) is 0 Å². The molecule has 0 amide bonds. The predicted octanol–water partition coefficient (Wildman–Crippen LogP) is 2.00. The Bertz CT molecular complexity index is 68.6. The molecule has 0 aliphatic heterocycles. The number of halogens is 1. The smallest absolute Gasteiger partial charge is 0.104 e. The summed E-state index contributed by atoms with van der Waals surface area (Å²) < 4.78 is 12.0. The Labute approximate surface area is 43.7 Å². The summed E-state index contributed by atoms with van der Waals surface area (Å²) in [6.07, 6.45) is 0.359. The molecule has 0 nitrogen and oxygen atoms in total. The van der Waals surface area contributed by atoms with Gasteiger partial charge in [-0.3, -0.25) is 0 Å². The highest BCUT2D eigenvalue weighted by Gasteiger charge is 2.39. The molecular weight excluding hydrogens is 91.1 g/mol. The number of alkyl halides is 1. The van der Waals surface area contributed by atoms with Gasteiger partial charge in [0.2, 0.25) is 0 Å². The Morgan fingerprint density at radius 3 is 2.00 bits per heavy atom. The summed E-state index contributed by atoms with van der Waals surface area (Å²) >= 11 is 0. The molecule has 1 aliphatic carbocycles. The number of hydrogen-bond acceptors (Lipinski definition) is 0. The van der Waals surface area contributed by atoms with Crippen LogP contribution in [0.25, 0.3) is 0 Å². The summed E-state index contributed by atoms with van der Waals surface area (Å²) in [5.74, 6) is 0.968. The van der Waals surface area contributed by atoms with Crippen molar-refractivity contribution in [2.24, 2.45) is 11.8 Å². The zero-order valence-corrected chi connectivity index (χ0v) is 4.82. The molecule has 42 valence electrons. The second-order valence-electron chi connectivity index (χ2n) is 2.66. The van der Waals surface area contributed by atoms with E-state index in [-0.39, 0.29) is 0 Å². The van der Waals surface area contributed by atoms with Crippen molar-refractivity contribution in [2.45, 2.75) is 26.4 Å². The van der Waals surface area contributed by atoms with Crippen LogP contribution in [0, 0.1) is 11.8 Å². The monoisotopic (exact) mass is 102 g/mol. The van der Waals surface area contributed by atoms with Gasteiger partial charge in [0.05, 0.1) is 0 Å². The second-order valence-corrected chi connectivity index (χ2v) is 2.66. The van der Waals surface area contributed by atoms with Gasteiger partial charge in [-0.2, -0.15) is 0 Å². The lowest BCUT2D eigenvalue weighted by Gasteiger charge is -1.95. The van der Waals surface area contributed by atoms with Gasteiger partial charge in [-0.15, -0.1) is 0 Å². The Hall–Kier alpha value is -0.0700. The zero-order valence-electron chi connectivity index (χ0n) is 4.82. The van der Waals surface area contributed by atoms with Crippen LogP contribution in [0.4, 0.5) is 4.39 Å². The molecule has 2 atom stereocenters. The van der Waals surface area contributed by atoms with Gasteiger partial charge in [0.15, 0.2) is 0 Å². The van der Waals surface area contributed by atoms with Gasteiger partial charge < -0.3 is 0 Å². The van der Waals surface area contributed by atoms with Crippen molar-refractivity contribution in [1.82, 2.24) is 0 Å². The molecule has 1 rings (SSSR count). The van der Waals surface area contributed by atoms with Crippen LogP contribution < -0.4 is 0 Å². The minimum absolute atomic E-state index is 0.403. The molecule has 0 saturated heterocycles. The fourth-order valence-corrected chi connectivity index (χ4v) is 0.871. The van der Waals surface area contributed by atoms with Crippen LogP contribution in [-0.4, -0.2) is 6.17 Å². The van der Waals surface area contributed by atoms with Gasteiger partial charge in [-0.25, -0.2) is 4.39 Å². The lowest BCUT2D eigenvalue weighted by Crippen LogP contribution is -1.90. The lowest BCUT2D eigenvalue weighted by molar-refractivity contribution is 0.403. The topological polar surface area (TPSA) is 0 Å². The number of rotatable bonds is 1. The van der Waals surface area contributed by atoms with E-state index >= 15 is 0 Å². The van der Waals surface area contributed by atoms with Gasteiger partial charge in [0.25, 0.3) is 0 Å². The summed E-state index contributed by atoms with van der Waals surface area (Å²) in [6.45, 7) is 4.15. The summed E-state index contributed by atoms with van der Waals surface area (Å²) in [5.41, 5.74) is 0. The molecule has 0 aromatic rings. The normalized spacial score (nSPS) is 39.4. The van der Waals surface area contributed by atoms with Crippen molar-refractivity contribution < 1.29 is 4.39 Å². The van der Waals surface area contributed by atoms with Gasteiger partial charge in [-0.05, 0) is 18.3 Å². The predicted molar refractivity (Wildman–Crippen MR) is 27.8 cm³/mol. The average Bonchev–Trinajstić information content (AvgIpc) is 2.17. The molecule has 0 spiro atoms. The van der Waals surface area contributed by atoms with Crippen molar-refractivity contribution in [3.63, 3.8) is 0 Å². The molecule has 1 saturated carbocycles. The Balaban J connectivity index is 2.20. The fourth-order valence-electron chi connectivity index (χ4n) is 0.871. The highest BCUT2D eigenvalue weighted by Crippen LogP contribution is 2.39. The molecule has 0 bridgehead atoms. The molecule has 0 aromatic carbocycles. The first-order valence-electron chi connectivity index (χ1n) is 2.86. The van der Waals surface area contributed by atoms with E-state index in [4.69, 9.17) is 0 Å². The van der Waals surface area contributed by atoms with Crippen molar-refractivity contribution in [3.05, 3.63) is 0 Å². The molecular formula is C6H11F. The standard InChI is InChI=1S/C6H11F/c1-4(2)5-3-6(5)7/h4-6H,3H2,1-2H3/t5-,6-/m0/s1. The largest absolute Gasteiger partial charge is 0.247 e. The van der Waals surface area contributed by atoms with Crippen LogP contribution in [0.1, 0.15) is 20.3 Å². The minimum atomic E-state index is -0.458. The molecule has 0 heterocycles. The van der Waals surface area contributed by atoms with Gasteiger partial charge in [-0.1, -0.05) is 13.8 Å². The van der Waals surface area contributed by atoms with Crippen LogP contribution in [0.2, 0.25) is 0 Å². The maximum Gasteiger partial charge on any atom is 0.104 e. The summed E-state index contributed by atoms with van der Waals surface area (Å²) in [6, 6.07) is 0. The van der Waals surface area contributed by atoms with Crippen molar-refractivity contribution in [1.29, 1.82) is 0 Å². The Morgan fingerprint density at radius 1 is 1.57 bits per heavy atom. The molecule has 1 aliphatic rings. The van der Waals surface area contributed by atoms with Crippen molar-refractivity contribution in [3.8, 4) is 0 Å². The highest BCUT2D eigenvalue weighted by molar-refractivity contribution is 4.87. The maximum absolute atomic E-state index is 12.0. The van der Waals surface area contributed by atoms with E-state index in [1.807, 2.05) is 0 Å². The fraction of sp³-hybridized carbons (Fsp3) is 1.00. The average molecular weight is 102 g/mol. The highest BCUT2D eigenvalue weighted by atomic mass is 19.1. The third kappa shape index (κ3) is 0.929. The first-order valence-corrected chi connectivity index (χ1v) is 2.86. The summed E-state index contributed by atoms with van der Waals surface area (Å²) in [4.78, 5) is 0. The molecule has 7 heavy (non-hydrogen) atoms. The first kappa shape index (κ1) is 5.07. The molecule has 1 fully saturated rings. The molecule has 1 heteroatoms. The second kappa shape index (κ2) is 1.46. The van der Waals surface area contributed by atoms with Gasteiger partial charge >= 0.3 is 0 Å². The van der Waals surface area contributed by atoms with Gasteiger partial charge in [0, 0.05) is 0 Å².